The maximum atomic E-state index is 12.3. The number of amides is 1. The second kappa shape index (κ2) is 7.35. The van der Waals surface area contributed by atoms with Gasteiger partial charge in [-0.05, 0) is 38.5 Å². The lowest BCUT2D eigenvalue weighted by Crippen LogP contribution is -2.23. The Bertz CT molecular complexity index is 655. The standard InChI is InChI=1S/C16H20N2O3S/c1-10-5-6-15(20-4)14(7-10)17-16(19)12(3)22-9-13-8-11(2)18-21-13/h5-8,12H,9H2,1-4H3,(H,17,19)/t12-/m1/s1. The number of nitrogens with one attached hydrogen (secondary N) is 1. The minimum absolute atomic E-state index is 0.0647. The van der Waals surface area contributed by atoms with Crippen molar-refractivity contribution in [3.63, 3.8) is 0 Å². The Morgan fingerprint density at radius 3 is 2.82 bits per heavy atom. The van der Waals surface area contributed by atoms with Gasteiger partial charge in [-0.3, -0.25) is 4.79 Å². The number of carbonyl (C=O) groups excluding carboxylic acids is 1. The Kier molecular flexibility index (Phi) is 5.49. The minimum Gasteiger partial charge on any atom is -0.495 e. The maximum absolute atomic E-state index is 12.3. The van der Waals surface area contributed by atoms with Gasteiger partial charge in [0.2, 0.25) is 5.91 Å². The molecule has 0 spiro atoms. The van der Waals surface area contributed by atoms with Crippen LogP contribution in [0.5, 0.6) is 5.75 Å². The molecule has 2 aromatic rings. The van der Waals surface area contributed by atoms with Gasteiger partial charge in [-0.1, -0.05) is 11.2 Å². The SMILES string of the molecule is COc1ccc(C)cc1NC(=O)[C@@H](C)SCc1cc(C)no1. The van der Waals surface area contributed by atoms with Crippen LogP contribution in [-0.2, 0) is 10.5 Å². The van der Waals surface area contributed by atoms with Crippen LogP contribution in [0.25, 0.3) is 0 Å². The Morgan fingerprint density at radius 2 is 2.18 bits per heavy atom. The van der Waals surface area contributed by atoms with Gasteiger partial charge in [0.25, 0.3) is 0 Å². The zero-order valence-electron chi connectivity index (χ0n) is 13.2. The van der Waals surface area contributed by atoms with Crippen molar-refractivity contribution in [3.8, 4) is 5.75 Å². The number of ether oxygens (including phenoxy) is 1. The summed E-state index contributed by atoms with van der Waals surface area (Å²) in [6.45, 7) is 5.71. The Labute approximate surface area is 134 Å². The van der Waals surface area contributed by atoms with E-state index in [-0.39, 0.29) is 11.2 Å². The molecule has 1 N–H and O–H groups in total. The fraction of sp³-hybridized carbons (Fsp3) is 0.375. The first kappa shape index (κ1) is 16.4. The monoisotopic (exact) mass is 320 g/mol. The highest BCUT2D eigenvalue weighted by molar-refractivity contribution is 7.99. The molecule has 0 aliphatic rings. The molecule has 1 atom stereocenters. The number of benzene rings is 1. The second-order valence-corrected chi connectivity index (χ2v) is 6.41. The second-order valence-electron chi connectivity index (χ2n) is 5.08. The number of hydrogen-bond donors (Lipinski definition) is 1. The third-order valence-electron chi connectivity index (χ3n) is 3.13. The molecule has 22 heavy (non-hydrogen) atoms. The number of nitrogens with zero attached hydrogens (tertiary/aromatic N) is 1. The topological polar surface area (TPSA) is 64.4 Å². The first-order chi connectivity index (χ1) is 10.5. The average Bonchev–Trinajstić information content (AvgIpc) is 2.90. The summed E-state index contributed by atoms with van der Waals surface area (Å²) >= 11 is 1.50. The van der Waals surface area contributed by atoms with Crippen molar-refractivity contribution in [2.75, 3.05) is 12.4 Å². The molecular weight excluding hydrogens is 300 g/mol. The van der Waals surface area contributed by atoms with Crippen LogP contribution in [0.1, 0.15) is 23.9 Å². The highest BCUT2D eigenvalue weighted by atomic mass is 32.2. The largest absolute Gasteiger partial charge is 0.495 e. The lowest BCUT2D eigenvalue weighted by molar-refractivity contribution is -0.115. The van der Waals surface area contributed by atoms with Crippen molar-refractivity contribution in [2.45, 2.75) is 31.8 Å². The van der Waals surface area contributed by atoms with Crippen LogP contribution in [0.2, 0.25) is 0 Å². The molecular formula is C16H20N2O3S. The molecule has 1 amide bonds. The minimum atomic E-state index is -0.212. The fourth-order valence-electron chi connectivity index (χ4n) is 1.92. The summed E-state index contributed by atoms with van der Waals surface area (Å²) in [5, 5.41) is 6.53. The van der Waals surface area contributed by atoms with Crippen molar-refractivity contribution >= 4 is 23.4 Å². The van der Waals surface area contributed by atoms with Crippen LogP contribution >= 0.6 is 11.8 Å². The van der Waals surface area contributed by atoms with Crippen molar-refractivity contribution in [1.29, 1.82) is 0 Å². The van der Waals surface area contributed by atoms with Crippen LogP contribution in [0.3, 0.4) is 0 Å². The predicted octanol–water partition coefficient (Wildman–Crippen LogP) is 3.56. The summed E-state index contributed by atoms with van der Waals surface area (Å²) in [4.78, 5) is 12.3. The van der Waals surface area contributed by atoms with E-state index in [0.29, 0.717) is 17.2 Å². The van der Waals surface area contributed by atoms with E-state index < -0.39 is 0 Å². The molecule has 1 aromatic carbocycles. The number of rotatable bonds is 6. The predicted molar refractivity (Wildman–Crippen MR) is 88.4 cm³/mol. The molecule has 0 unspecified atom stereocenters. The van der Waals surface area contributed by atoms with E-state index in [9.17, 15) is 4.79 Å². The molecule has 118 valence electrons. The first-order valence-corrected chi connectivity index (χ1v) is 8.03. The van der Waals surface area contributed by atoms with Crippen LogP contribution in [0, 0.1) is 13.8 Å². The van der Waals surface area contributed by atoms with Gasteiger partial charge in [0.1, 0.15) is 11.5 Å². The summed E-state index contributed by atoms with van der Waals surface area (Å²) in [5.74, 6) is 1.97. The van der Waals surface area contributed by atoms with Crippen LogP contribution in [0.15, 0.2) is 28.8 Å². The Balaban J connectivity index is 1.95. The Morgan fingerprint density at radius 1 is 1.41 bits per heavy atom. The Hall–Kier alpha value is -1.95. The zero-order chi connectivity index (χ0) is 16.1. The van der Waals surface area contributed by atoms with E-state index in [1.54, 1.807) is 7.11 Å². The summed E-state index contributed by atoms with van der Waals surface area (Å²) in [6.07, 6.45) is 0. The fourth-order valence-corrected chi connectivity index (χ4v) is 2.68. The lowest BCUT2D eigenvalue weighted by atomic mass is 10.2. The first-order valence-electron chi connectivity index (χ1n) is 6.99. The highest BCUT2D eigenvalue weighted by Gasteiger charge is 2.16. The van der Waals surface area contributed by atoms with Crippen molar-refractivity contribution in [2.24, 2.45) is 0 Å². The van der Waals surface area contributed by atoms with E-state index in [0.717, 1.165) is 17.0 Å². The molecule has 0 aliphatic heterocycles. The molecule has 0 saturated heterocycles. The van der Waals surface area contributed by atoms with Gasteiger partial charge in [-0.2, -0.15) is 0 Å². The van der Waals surface area contributed by atoms with E-state index in [1.165, 1.54) is 11.8 Å². The van der Waals surface area contributed by atoms with Gasteiger partial charge in [-0.25, -0.2) is 0 Å². The third kappa shape index (κ3) is 4.27. The number of anilines is 1. The average molecular weight is 320 g/mol. The summed E-state index contributed by atoms with van der Waals surface area (Å²) in [5.41, 5.74) is 2.60. The molecule has 1 aromatic heterocycles. The number of aryl methyl sites for hydroxylation is 2. The van der Waals surface area contributed by atoms with Crippen LogP contribution in [-0.4, -0.2) is 23.4 Å². The summed E-state index contributed by atoms with van der Waals surface area (Å²) in [7, 11) is 1.59. The molecule has 0 saturated carbocycles. The molecule has 2 rings (SSSR count). The molecule has 6 heteroatoms. The quantitative estimate of drug-likeness (QED) is 0.881. The van der Waals surface area contributed by atoms with Gasteiger partial charge in [0.15, 0.2) is 0 Å². The van der Waals surface area contributed by atoms with Gasteiger partial charge in [0.05, 0.1) is 29.5 Å². The highest BCUT2D eigenvalue weighted by Crippen LogP contribution is 2.26. The van der Waals surface area contributed by atoms with E-state index >= 15 is 0 Å². The van der Waals surface area contributed by atoms with Crippen molar-refractivity contribution < 1.29 is 14.1 Å². The maximum Gasteiger partial charge on any atom is 0.237 e. The lowest BCUT2D eigenvalue weighted by Gasteiger charge is -2.14. The molecule has 1 heterocycles. The molecule has 0 bridgehead atoms. The molecule has 0 radical (unpaired) electrons. The van der Waals surface area contributed by atoms with Gasteiger partial charge in [0, 0.05) is 6.07 Å². The van der Waals surface area contributed by atoms with E-state index in [1.807, 2.05) is 45.0 Å². The normalized spacial score (nSPS) is 12.0. The smallest absolute Gasteiger partial charge is 0.237 e. The molecule has 0 aliphatic carbocycles. The zero-order valence-corrected chi connectivity index (χ0v) is 14.0. The van der Waals surface area contributed by atoms with E-state index in [2.05, 4.69) is 10.5 Å². The van der Waals surface area contributed by atoms with Crippen molar-refractivity contribution in [1.82, 2.24) is 5.16 Å². The molecule has 0 fully saturated rings. The van der Waals surface area contributed by atoms with Gasteiger partial charge < -0.3 is 14.6 Å². The van der Waals surface area contributed by atoms with E-state index in [4.69, 9.17) is 9.26 Å². The van der Waals surface area contributed by atoms with Gasteiger partial charge >= 0.3 is 0 Å². The van der Waals surface area contributed by atoms with Crippen LogP contribution < -0.4 is 10.1 Å². The summed E-state index contributed by atoms with van der Waals surface area (Å²) < 4.78 is 10.4. The summed E-state index contributed by atoms with van der Waals surface area (Å²) in [6, 6.07) is 7.56. The van der Waals surface area contributed by atoms with Gasteiger partial charge in [-0.15, -0.1) is 11.8 Å². The number of thioether (sulfide) groups is 1. The van der Waals surface area contributed by atoms with Crippen LogP contribution in [0.4, 0.5) is 5.69 Å². The molecule has 5 nitrogen and oxygen atoms in total. The third-order valence-corrected chi connectivity index (χ3v) is 4.30. The number of methoxy groups -OCH3 is 1. The van der Waals surface area contributed by atoms with Crippen molar-refractivity contribution in [3.05, 3.63) is 41.3 Å². The number of hydrogen-bond acceptors (Lipinski definition) is 5. The number of carbonyl (C=O) groups is 1. The number of aromatic nitrogens is 1.